The van der Waals surface area contributed by atoms with Crippen LogP contribution in [0.5, 0.6) is 0 Å². The topological polar surface area (TPSA) is 56.1 Å². The molecule has 0 saturated heterocycles. The Kier molecular flexibility index (Phi) is 4.53. The molecule has 1 aromatic carbocycles. The fraction of sp³-hybridized carbons (Fsp3) is 0.412. The Morgan fingerprint density at radius 2 is 2.27 bits per heavy atom. The van der Waals surface area contributed by atoms with E-state index in [-0.39, 0.29) is 18.6 Å². The quantitative estimate of drug-likeness (QED) is 0.923. The summed E-state index contributed by atoms with van der Waals surface area (Å²) in [6, 6.07) is 10.5. The number of amides is 1. The minimum atomic E-state index is -0.146. The minimum Gasteiger partial charge on any atom is -0.372 e. The van der Waals surface area contributed by atoms with Crippen LogP contribution in [0.2, 0.25) is 0 Å². The number of carbonyl (C=O) groups is 1. The third-order valence-electron chi connectivity index (χ3n) is 4.01. The largest absolute Gasteiger partial charge is 0.372 e. The molecule has 1 aliphatic rings. The number of aryl methyl sites for hydroxylation is 1. The normalized spacial score (nSPS) is 17.0. The molecule has 116 valence electrons. The van der Waals surface area contributed by atoms with Gasteiger partial charge in [-0.2, -0.15) is 5.10 Å². The van der Waals surface area contributed by atoms with Crippen molar-refractivity contribution in [3.05, 3.63) is 47.7 Å². The fourth-order valence-electron chi connectivity index (χ4n) is 3.02. The van der Waals surface area contributed by atoms with Crippen LogP contribution in [-0.4, -0.2) is 28.9 Å². The van der Waals surface area contributed by atoms with Crippen LogP contribution in [-0.2, 0) is 16.0 Å². The molecule has 1 amide bonds. The van der Waals surface area contributed by atoms with Crippen LogP contribution in [0.3, 0.4) is 0 Å². The molecular weight excluding hydrogens is 278 g/mol. The molecule has 1 heterocycles. The van der Waals surface area contributed by atoms with E-state index >= 15 is 0 Å². The lowest BCUT2D eigenvalue weighted by atomic mass is 9.88. The average molecular weight is 299 g/mol. The molecule has 0 fully saturated rings. The first kappa shape index (κ1) is 14.8. The lowest BCUT2D eigenvalue weighted by molar-refractivity contribution is -0.120. The number of nitrogens with one attached hydrogen (secondary N) is 1. The number of benzene rings is 1. The van der Waals surface area contributed by atoms with E-state index in [9.17, 15) is 4.79 Å². The summed E-state index contributed by atoms with van der Waals surface area (Å²) in [7, 11) is 0. The van der Waals surface area contributed by atoms with Gasteiger partial charge in [0.1, 0.15) is 12.4 Å². The highest BCUT2D eigenvalue weighted by atomic mass is 16.5. The zero-order valence-electron chi connectivity index (χ0n) is 12.8. The molecule has 1 atom stereocenters. The van der Waals surface area contributed by atoms with Crippen LogP contribution in [0.1, 0.15) is 36.9 Å². The molecule has 3 rings (SSSR count). The second-order valence-corrected chi connectivity index (χ2v) is 5.45. The Bertz CT molecular complexity index is 651. The zero-order valence-corrected chi connectivity index (χ0v) is 12.8. The van der Waals surface area contributed by atoms with Crippen LogP contribution in [0.15, 0.2) is 36.5 Å². The number of aromatic nitrogens is 2. The molecule has 1 aromatic heterocycles. The highest BCUT2D eigenvalue weighted by Crippen LogP contribution is 2.34. The molecule has 1 aliphatic carbocycles. The van der Waals surface area contributed by atoms with Gasteiger partial charge in [0, 0.05) is 12.7 Å². The molecule has 0 unspecified atom stereocenters. The van der Waals surface area contributed by atoms with Crippen molar-refractivity contribution in [1.82, 2.24) is 9.78 Å². The van der Waals surface area contributed by atoms with Crippen molar-refractivity contribution in [2.75, 3.05) is 18.5 Å². The summed E-state index contributed by atoms with van der Waals surface area (Å²) in [6.45, 7) is 2.47. The first-order valence-electron chi connectivity index (χ1n) is 7.78. The molecule has 0 radical (unpaired) electrons. The second kappa shape index (κ2) is 6.75. The number of hydrogen-bond donors (Lipinski definition) is 1. The van der Waals surface area contributed by atoms with E-state index in [0.29, 0.717) is 6.61 Å². The van der Waals surface area contributed by atoms with Crippen molar-refractivity contribution in [1.29, 1.82) is 0 Å². The summed E-state index contributed by atoms with van der Waals surface area (Å²) in [5, 5.41) is 7.32. The van der Waals surface area contributed by atoms with Gasteiger partial charge in [-0.05, 0) is 37.3 Å². The predicted molar refractivity (Wildman–Crippen MR) is 84.9 cm³/mol. The Labute approximate surface area is 130 Å². The first-order valence-corrected chi connectivity index (χ1v) is 7.78. The van der Waals surface area contributed by atoms with Crippen LogP contribution in [0.4, 0.5) is 5.82 Å². The molecule has 5 nitrogen and oxygen atoms in total. The predicted octanol–water partition coefficient (Wildman–Crippen LogP) is 2.78. The maximum atomic E-state index is 11.9. The van der Waals surface area contributed by atoms with E-state index in [1.54, 1.807) is 6.20 Å². The van der Waals surface area contributed by atoms with Gasteiger partial charge in [0.25, 0.3) is 5.91 Å². The number of hydrogen-bond acceptors (Lipinski definition) is 3. The van der Waals surface area contributed by atoms with E-state index in [4.69, 9.17) is 4.74 Å². The molecular formula is C17H21N3O2. The number of nitrogens with zero attached hydrogens (tertiary/aromatic N) is 2. The molecule has 0 saturated carbocycles. The fourth-order valence-corrected chi connectivity index (χ4v) is 3.02. The van der Waals surface area contributed by atoms with Crippen molar-refractivity contribution in [2.24, 2.45) is 0 Å². The average Bonchev–Trinajstić information content (AvgIpc) is 3.00. The molecule has 0 bridgehead atoms. The SMILES string of the molecule is CCOCC(=O)Nc1ccnn1[C@H]1CCCc2ccccc21. The van der Waals surface area contributed by atoms with Gasteiger partial charge in [-0.15, -0.1) is 0 Å². The van der Waals surface area contributed by atoms with Crippen molar-refractivity contribution < 1.29 is 9.53 Å². The molecule has 0 spiro atoms. The lowest BCUT2D eigenvalue weighted by Crippen LogP contribution is -2.24. The third kappa shape index (κ3) is 3.04. The van der Waals surface area contributed by atoms with Crippen LogP contribution in [0, 0.1) is 0 Å². The van der Waals surface area contributed by atoms with Crippen molar-refractivity contribution in [3.8, 4) is 0 Å². The van der Waals surface area contributed by atoms with Crippen LogP contribution >= 0.6 is 0 Å². The van der Waals surface area contributed by atoms with Gasteiger partial charge in [-0.3, -0.25) is 4.79 Å². The van der Waals surface area contributed by atoms with Crippen LogP contribution < -0.4 is 5.32 Å². The molecule has 1 N–H and O–H groups in total. The van der Waals surface area contributed by atoms with E-state index in [0.717, 1.165) is 25.1 Å². The summed E-state index contributed by atoms with van der Waals surface area (Å²) < 4.78 is 7.06. The number of anilines is 1. The van der Waals surface area contributed by atoms with Crippen molar-refractivity contribution in [2.45, 2.75) is 32.2 Å². The first-order chi connectivity index (χ1) is 10.8. The summed E-state index contributed by atoms with van der Waals surface area (Å²) >= 11 is 0. The summed E-state index contributed by atoms with van der Waals surface area (Å²) in [5.41, 5.74) is 2.68. The minimum absolute atomic E-state index is 0.0724. The molecule has 22 heavy (non-hydrogen) atoms. The highest BCUT2D eigenvalue weighted by Gasteiger charge is 2.24. The molecule has 0 aliphatic heterocycles. The van der Waals surface area contributed by atoms with Gasteiger partial charge in [-0.1, -0.05) is 24.3 Å². The van der Waals surface area contributed by atoms with Crippen molar-refractivity contribution >= 4 is 11.7 Å². The number of rotatable bonds is 5. The van der Waals surface area contributed by atoms with E-state index < -0.39 is 0 Å². The third-order valence-corrected chi connectivity index (χ3v) is 4.01. The van der Waals surface area contributed by atoms with E-state index in [1.807, 2.05) is 17.7 Å². The van der Waals surface area contributed by atoms with Gasteiger partial charge >= 0.3 is 0 Å². The standard InChI is InChI=1S/C17H21N3O2/c1-2-22-12-17(21)19-16-10-11-18-20(16)15-9-5-7-13-6-3-4-8-14(13)15/h3-4,6,8,10-11,15H,2,5,7,9,12H2,1H3,(H,19,21)/t15-/m0/s1. The Morgan fingerprint density at radius 3 is 3.14 bits per heavy atom. The number of ether oxygens (including phenoxy) is 1. The second-order valence-electron chi connectivity index (χ2n) is 5.45. The van der Waals surface area contributed by atoms with Gasteiger partial charge in [0.15, 0.2) is 0 Å². The van der Waals surface area contributed by atoms with Gasteiger partial charge < -0.3 is 10.1 Å². The zero-order chi connectivity index (χ0) is 15.4. The maximum absolute atomic E-state index is 11.9. The smallest absolute Gasteiger partial charge is 0.251 e. The lowest BCUT2D eigenvalue weighted by Gasteiger charge is -2.27. The van der Waals surface area contributed by atoms with E-state index in [1.165, 1.54) is 11.1 Å². The van der Waals surface area contributed by atoms with Gasteiger partial charge in [0.2, 0.25) is 0 Å². The monoisotopic (exact) mass is 299 g/mol. The number of carbonyl (C=O) groups excluding carboxylic acids is 1. The summed E-state index contributed by atoms with van der Waals surface area (Å²) in [4.78, 5) is 11.9. The Balaban J connectivity index is 1.82. The van der Waals surface area contributed by atoms with E-state index in [2.05, 4.69) is 34.7 Å². The van der Waals surface area contributed by atoms with Crippen LogP contribution in [0.25, 0.3) is 0 Å². The Morgan fingerprint density at radius 1 is 1.41 bits per heavy atom. The van der Waals surface area contributed by atoms with Gasteiger partial charge in [-0.25, -0.2) is 4.68 Å². The number of fused-ring (bicyclic) bond motifs is 1. The molecule has 5 heteroatoms. The molecule has 2 aromatic rings. The highest BCUT2D eigenvalue weighted by molar-refractivity contribution is 5.90. The van der Waals surface area contributed by atoms with Crippen molar-refractivity contribution in [3.63, 3.8) is 0 Å². The maximum Gasteiger partial charge on any atom is 0.251 e. The van der Waals surface area contributed by atoms with Gasteiger partial charge in [0.05, 0.1) is 12.2 Å². The summed E-state index contributed by atoms with van der Waals surface area (Å²) in [6.07, 6.45) is 5.01. The summed E-state index contributed by atoms with van der Waals surface area (Å²) in [5.74, 6) is 0.583. The Hall–Kier alpha value is -2.14.